The lowest BCUT2D eigenvalue weighted by atomic mass is 9.95. The minimum atomic E-state index is 0.893. The van der Waals surface area contributed by atoms with Crippen LogP contribution in [0.3, 0.4) is 0 Å². The smallest absolute Gasteiger partial charge is 0.0597 e. The molecule has 0 amide bonds. The highest BCUT2D eigenvalue weighted by Gasteiger charge is 2.12. The Bertz CT molecular complexity index is 497. The predicted octanol–water partition coefficient (Wildman–Crippen LogP) is 2.97. The number of rotatable bonds is 4. The molecule has 1 aliphatic heterocycles. The van der Waals surface area contributed by atoms with Crippen LogP contribution in [0.5, 0.6) is 0 Å². The number of hydrogen-bond acceptors (Lipinski definition) is 2. The van der Waals surface area contributed by atoms with Gasteiger partial charge in [0, 0.05) is 23.6 Å². The molecular formula is C15H21N3. The van der Waals surface area contributed by atoms with Crippen LogP contribution < -0.4 is 10.6 Å². The van der Waals surface area contributed by atoms with E-state index < -0.39 is 0 Å². The molecule has 0 radical (unpaired) electrons. The molecule has 1 aromatic heterocycles. The maximum absolute atomic E-state index is 3.56. The maximum atomic E-state index is 3.56. The summed E-state index contributed by atoms with van der Waals surface area (Å²) in [5.41, 5.74) is 2.45. The molecule has 3 nitrogen and oxygen atoms in total. The average molecular weight is 243 g/mol. The third-order valence-electron chi connectivity index (χ3n) is 3.92. The van der Waals surface area contributed by atoms with Crippen LogP contribution in [0.15, 0.2) is 30.5 Å². The van der Waals surface area contributed by atoms with Crippen molar-refractivity contribution in [2.75, 3.05) is 25.0 Å². The van der Waals surface area contributed by atoms with Crippen molar-refractivity contribution in [2.45, 2.75) is 19.3 Å². The Balaban J connectivity index is 1.56. The van der Waals surface area contributed by atoms with E-state index in [-0.39, 0.29) is 0 Å². The Labute approximate surface area is 108 Å². The molecule has 3 heteroatoms. The molecule has 3 N–H and O–H groups in total. The van der Waals surface area contributed by atoms with Crippen molar-refractivity contribution < 1.29 is 0 Å². The van der Waals surface area contributed by atoms with Gasteiger partial charge in [0.25, 0.3) is 0 Å². The first-order valence-electron chi connectivity index (χ1n) is 6.94. The highest BCUT2D eigenvalue weighted by molar-refractivity contribution is 5.92. The number of fused-ring (bicyclic) bond motifs is 1. The van der Waals surface area contributed by atoms with E-state index in [1.165, 1.54) is 48.9 Å². The fourth-order valence-electron chi connectivity index (χ4n) is 2.80. The molecule has 1 saturated heterocycles. The van der Waals surface area contributed by atoms with Gasteiger partial charge in [-0.05, 0) is 44.3 Å². The molecule has 0 atom stereocenters. The lowest BCUT2D eigenvalue weighted by Crippen LogP contribution is -2.28. The Morgan fingerprint density at radius 2 is 2.00 bits per heavy atom. The van der Waals surface area contributed by atoms with Gasteiger partial charge in [-0.25, -0.2) is 0 Å². The Hall–Kier alpha value is -1.48. The predicted molar refractivity (Wildman–Crippen MR) is 77.0 cm³/mol. The van der Waals surface area contributed by atoms with Crippen molar-refractivity contribution in [2.24, 2.45) is 5.92 Å². The molecule has 0 aliphatic carbocycles. The normalized spacial score (nSPS) is 17.1. The molecule has 0 spiro atoms. The van der Waals surface area contributed by atoms with Gasteiger partial charge in [0.05, 0.1) is 5.69 Å². The molecule has 0 saturated carbocycles. The number of hydrogen-bond donors (Lipinski definition) is 3. The third-order valence-corrected chi connectivity index (χ3v) is 3.92. The monoisotopic (exact) mass is 243 g/mol. The quantitative estimate of drug-likeness (QED) is 0.772. The van der Waals surface area contributed by atoms with Gasteiger partial charge in [0.15, 0.2) is 0 Å². The van der Waals surface area contributed by atoms with Gasteiger partial charge in [-0.1, -0.05) is 18.2 Å². The van der Waals surface area contributed by atoms with Crippen LogP contribution in [0, 0.1) is 5.92 Å². The van der Waals surface area contributed by atoms with Crippen LogP contribution in [0.1, 0.15) is 19.3 Å². The van der Waals surface area contributed by atoms with Crippen LogP contribution in [-0.4, -0.2) is 24.6 Å². The number of aromatic amines is 1. The van der Waals surface area contributed by atoms with Crippen LogP contribution in [0.4, 0.5) is 5.69 Å². The Kier molecular flexibility index (Phi) is 3.51. The maximum Gasteiger partial charge on any atom is 0.0597 e. The zero-order valence-electron chi connectivity index (χ0n) is 10.7. The number of H-pyrrole nitrogens is 1. The van der Waals surface area contributed by atoms with E-state index in [1.807, 2.05) is 0 Å². The van der Waals surface area contributed by atoms with Crippen LogP contribution >= 0.6 is 0 Å². The van der Waals surface area contributed by atoms with E-state index in [9.17, 15) is 0 Å². The zero-order valence-corrected chi connectivity index (χ0v) is 10.7. The van der Waals surface area contributed by atoms with Crippen LogP contribution in [0.2, 0.25) is 0 Å². The van der Waals surface area contributed by atoms with Gasteiger partial charge in [0.1, 0.15) is 0 Å². The fraction of sp³-hybridized carbons (Fsp3) is 0.467. The lowest BCUT2D eigenvalue weighted by Gasteiger charge is -2.22. The minimum Gasteiger partial charge on any atom is -0.383 e. The number of nitrogens with one attached hydrogen (secondary N) is 3. The molecule has 3 rings (SSSR count). The second-order valence-electron chi connectivity index (χ2n) is 5.16. The molecule has 0 bridgehead atoms. The molecule has 18 heavy (non-hydrogen) atoms. The summed E-state index contributed by atoms with van der Waals surface area (Å²) in [5, 5.41) is 8.28. The highest BCUT2D eigenvalue weighted by Crippen LogP contribution is 2.23. The SMILES string of the molecule is c1ccc2c(NCCC3CCNCC3)c[nH]c2c1. The standard InChI is InChI=1S/C15H21N3/c1-2-4-14-13(3-1)15(11-18-14)17-10-7-12-5-8-16-9-6-12/h1-4,11-12,16-18H,5-10H2. The summed E-state index contributed by atoms with van der Waals surface area (Å²) in [5.74, 6) is 0.893. The second kappa shape index (κ2) is 5.44. The molecule has 1 aliphatic rings. The van der Waals surface area contributed by atoms with Crippen molar-refractivity contribution >= 4 is 16.6 Å². The largest absolute Gasteiger partial charge is 0.383 e. The zero-order chi connectivity index (χ0) is 12.2. The summed E-state index contributed by atoms with van der Waals surface area (Å²) in [6.07, 6.45) is 6.01. The van der Waals surface area contributed by atoms with Gasteiger partial charge >= 0.3 is 0 Å². The molecule has 2 aromatic rings. The topological polar surface area (TPSA) is 39.8 Å². The molecule has 96 valence electrons. The minimum absolute atomic E-state index is 0.893. The van der Waals surface area contributed by atoms with E-state index >= 15 is 0 Å². The summed E-state index contributed by atoms with van der Waals surface area (Å²) >= 11 is 0. The first-order valence-corrected chi connectivity index (χ1v) is 6.94. The van der Waals surface area contributed by atoms with E-state index in [2.05, 4.69) is 46.1 Å². The molecule has 1 fully saturated rings. The van der Waals surface area contributed by atoms with E-state index in [1.54, 1.807) is 0 Å². The fourth-order valence-corrected chi connectivity index (χ4v) is 2.80. The van der Waals surface area contributed by atoms with Crippen LogP contribution in [0.25, 0.3) is 10.9 Å². The molecule has 2 heterocycles. The Morgan fingerprint density at radius 1 is 1.17 bits per heavy atom. The number of piperidine rings is 1. The third kappa shape index (κ3) is 2.51. The summed E-state index contributed by atoms with van der Waals surface area (Å²) < 4.78 is 0. The number of para-hydroxylation sites is 1. The molecule has 1 aromatic carbocycles. The van der Waals surface area contributed by atoms with Gasteiger partial charge < -0.3 is 15.6 Å². The van der Waals surface area contributed by atoms with Gasteiger partial charge in [0.2, 0.25) is 0 Å². The molecular weight excluding hydrogens is 222 g/mol. The first-order chi connectivity index (χ1) is 8.93. The van der Waals surface area contributed by atoms with Gasteiger partial charge in [-0.3, -0.25) is 0 Å². The summed E-state index contributed by atoms with van der Waals surface area (Å²) in [6, 6.07) is 8.44. The van der Waals surface area contributed by atoms with Gasteiger partial charge in [-0.2, -0.15) is 0 Å². The van der Waals surface area contributed by atoms with Crippen molar-refractivity contribution in [3.05, 3.63) is 30.5 Å². The second-order valence-corrected chi connectivity index (χ2v) is 5.16. The Morgan fingerprint density at radius 3 is 2.89 bits per heavy atom. The number of benzene rings is 1. The molecule has 0 unspecified atom stereocenters. The van der Waals surface area contributed by atoms with Gasteiger partial charge in [-0.15, -0.1) is 0 Å². The summed E-state index contributed by atoms with van der Waals surface area (Å²) in [7, 11) is 0. The van der Waals surface area contributed by atoms with E-state index in [0.29, 0.717) is 0 Å². The van der Waals surface area contributed by atoms with Crippen molar-refractivity contribution in [3.63, 3.8) is 0 Å². The summed E-state index contributed by atoms with van der Waals surface area (Å²) in [4.78, 5) is 3.30. The number of aromatic nitrogens is 1. The number of anilines is 1. The first kappa shape index (κ1) is 11.6. The highest BCUT2D eigenvalue weighted by atomic mass is 14.9. The van der Waals surface area contributed by atoms with Crippen molar-refractivity contribution in [3.8, 4) is 0 Å². The lowest BCUT2D eigenvalue weighted by molar-refractivity contribution is 0.361. The van der Waals surface area contributed by atoms with E-state index in [0.717, 1.165) is 12.5 Å². The van der Waals surface area contributed by atoms with Crippen molar-refractivity contribution in [1.29, 1.82) is 0 Å². The van der Waals surface area contributed by atoms with Crippen LogP contribution in [-0.2, 0) is 0 Å². The van der Waals surface area contributed by atoms with Crippen molar-refractivity contribution in [1.82, 2.24) is 10.3 Å². The van der Waals surface area contributed by atoms with E-state index in [4.69, 9.17) is 0 Å². The summed E-state index contributed by atoms with van der Waals surface area (Å²) in [6.45, 7) is 3.46. The average Bonchev–Trinajstić information content (AvgIpc) is 2.84.